The summed E-state index contributed by atoms with van der Waals surface area (Å²) < 4.78 is 39.4. The molecule has 32 heavy (non-hydrogen) atoms. The number of fused-ring (bicyclic) bond motifs is 1. The molecule has 0 radical (unpaired) electrons. The van der Waals surface area contributed by atoms with E-state index in [1.165, 1.54) is 17.2 Å². The van der Waals surface area contributed by atoms with Crippen molar-refractivity contribution >= 4 is 40.4 Å². The van der Waals surface area contributed by atoms with E-state index in [0.717, 1.165) is 6.26 Å². The number of hydrogen-bond acceptors (Lipinski definition) is 12. The molecule has 0 bridgehead atoms. The number of aliphatic carboxylic acids is 1. The highest BCUT2D eigenvalue weighted by molar-refractivity contribution is 7.95. The number of aromatic nitrogens is 4. The van der Waals surface area contributed by atoms with Gasteiger partial charge in [-0.25, -0.2) is 23.7 Å². The van der Waals surface area contributed by atoms with Crippen LogP contribution in [-0.2, 0) is 28.3 Å². The first-order chi connectivity index (χ1) is 14.8. The zero-order chi connectivity index (χ0) is 23.8. The maximum Gasteiger partial charge on any atom is 0.459 e. The van der Waals surface area contributed by atoms with Gasteiger partial charge in [0, 0.05) is 6.26 Å². The Kier molecular flexibility index (Phi) is 6.83. The lowest BCUT2D eigenvalue weighted by Gasteiger charge is -2.17. The molecular formula is C14H22N7O9PS. The highest BCUT2D eigenvalue weighted by Crippen LogP contribution is 2.46. The summed E-state index contributed by atoms with van der Waals surface area (Å²) in [4.78, 5) is 32.5. The van der Waals surface area contributed by atoms with Crippen LogP contribution in [0.15, 0.2) is 16.8 Å². The van der Waals surface area contributed by atoms with Crippen LogP contribution in [0.25, 0.3) is 11.2 Å². The Morgan fingerprint density at radius 1 is 1.41 bits per heavy atom. The molecule has 0 aliphatic carbocycles. The van der Waals surface area contributed by atoms with Crippen molar-refractivity contribution in [1.82, 2.24) is 19.5 Å². The molecule has 178 valence electrons. The van der Waals surface area contributed by atoms with E-state index in [1.54, 1.807) is 0 Å². The number of nitrogens with zero attached hydrogens (tertiary/aromatic N) is 5. The van der Waals surface area contributed by atoms with Gasteiger partial charge in [0.2, 0.25) is 0 Å². The minimum atomic E-state index is -4.85. The van der Waals surface area contributed by atoms with E-state index >= 15 is 0 Å². The third-order valence-corrected chi connectivity index (χ3v) is 8.16. The van der Waals surface area contributed by atoms with Crippen molar-refractivity contribution < 1.29 is 43.0 Å². The Morgan fingerprint density at radius 2 is 2.09 bits per heavy atom. The number of aliphatic hydroxyl groups excluding tert-OH is 2. The summed E-state index contributed by atoms with van der Waals surface area (Å²) >= 11 is 0. The highest BCUT2D eigenvalue weighted by Gasteiger charge is 2.45. The number of nitrogen functional groups attached to an aromatic ring is 1. The first kappa shape index (κ1) is 24.4. The summed E-state index contributed by atoms with van der Waals surface area (Å²) in [5.41, 5.74) is 11.5. The van der Waals surface area contributed by atoms with E-state index in [9.17, 15) is 28.7 Å². The van der Waals surface area contributed by atoms with Crippen molar-refractivity contribution in [3.63, 3.8) is 0 Å². The average Bonchev–Trinajstić information content (AvgIpc) is 3.22. The molecule has 0 spiro atoms. The van der Waals surface area contributed by atoms with Crippen molar-refractivity contribution in [2.24, 2.45) is 9.87 Å². The monoisotopic (exact) mass is 495 g/mol. The second kappa shape index (κ2) is 8.95. The number of imidazole rings is 1. The van der Waals surface area contributed by atoms with Gasteiger partial charge in [0.05, 0.1) is 28.4 Å². The molecular weight excluding hydrogens is 473 g/mol. The molecule has 7 atom stereocenters. The number of carbonyl (C=O) groups is 1. The maximum atomic E-state index is 12.3. The fraction of sp³-hybridized carbons (Fsp3) is 0.571. The van der Waals surface area contributed by atoms with E-state index in [1.807, 2.05) is 0 Å². The molecule has 2 aromatic rings. The van der Waals surface area contributed by atoms with Gasteiger partial charge in [0.25, 0.3) is 0 Å². The lowest BCUT2D eigenvalue weighted by Crippen LogP contribution is -2.36. The number of aliphatic hydroxyl groups is 2. The molecule has 0 amide bonds. The SMILES string of the molecule is C[S@@](=O)(C[C@@H](N)C(=O)O)=NP(=O)(O)OC[C@H]1OC(n2cnc3c(N)ncnc32)C(O)C1O. The van der Waals surface area contributed by atoms with Crippen LogP contribution in [0.4, 0.5) is 5.82 Å². The lowest BCUT2D eigenvalue weighted by molar-refractivity contribution is -0.137. The molecule has 1 saturated heterocycles. The second-order valence-corrected chi connectivity index (χ2v) is 11.2. The van der Waals surface area contributed by atoms with Gasteiger partial charge in [-0.15, -0.1) is 4.13 Å². The topological polar surface area (TPSA) is 259 Å². The van der Waals surface area contributed by atoms with E-state index in [4.69, 9.17) is 25.8 Å². The fourth-order valence-electron chi connectivity index (χ4n) is 3.00. The molecule has 2 aromatic heterocycles. The minimum absolute atomic E-state index is 0.0928. The van der Waals surface area contributed by atoms with E-state index in [2.05, 4.69) is 19.1 Å². The summed E-state index contributed by atoms with van der Waals surface area (Å²) in [5, 5.41) is 29.4. The standard InChI is InChI=1S/C14H22N7O9PS/c1-32(28,3-6(15)14(24)25)20-31(26,27)29-2-7-9(22)10(23)13(30-7)21-5-19-8-11(16)17-4-18-12(8)21/h4-7,9-10,13,22-23H,2-3,15H2,1H3,(H,24,25)(H,26,27)(H2,16,17,18)/t6-,7-,9?,10?,13?,32-/m1/s1. The molecule has 0 aromatic carbocycles. The van der Waals surface area contributed by atoms with Gasteiger partial charge in [0.15, 0.2) is 17.7 Å². The molecule has 8 N–H and O–H groups in total. The summed E-state index contributed by atoms with van der Waals surface area (Å²) in [7, 11) is -8.34. The smallest absolute Gasteiger partial charge is 0.459 e. The quantitative estimate of drug-likeness (QED) is 0.210. The summed E-state index contributed by atoms with van der Waals surface area (Å²) in [6, 6.07) is -1.56. The number of ether oxygens (including phenoxy) is 1. The molecule has 18 heteroatoms. The second-order valence-electron chi connectivity index (χ2n) is 7.07. The Labute approximate surface area is 181 Å². The minimum Gasteiger partial charge on any atom is -0.480 e. The predicted octanol–water partition coefficient (Wildman–Crippen LogP) is -2.35. The lowest BCUT2D eigenvalue weighted by atomic mass is 10.1. The van der Waals surface area contributed by atoms with Crippen molar-refractivity contribution in [2.45, 2.75) is 30.6 Å². The number of nitrogens with two attached hydrogens (primary N) is 2. The van der Waals surface area contributed by atoms with Crippen LogP contribution in [0.2, 0.25) is 0 Å². The molecule has 4 unspecified atom stereocenters. The van der Waals surface area contributed by atoms with Gasteiger partial charge in [0.1, 0.15) is 36.2 Å². The number of anilines is 1. The Morgan fingerprint density at radius 3 is 2.75 bits per heavy atom. The zero-order valence-electron chi connectivity index (χ0n) is 16.5. The summed E-state index contributed by atoms with van der Waals surface area (Å²) in [6.07, 6.45) is -2.09. The fourth-order valence-corrected chi connectivity index (χ4v) is 6.35. The summed E-state index contributed by atoms with van der Waals surface area (Å²) in [5.74, 6) is -2.04. The average molecular weight is 495 g/mol. The van der Waals surface area contributed by atoms with Crippen molar-refractivity contribution in [3.8, 4) is 0 Å². The predicted molar refractivity (Wildman–Crippen MR) is 108 cm³/mol. The van der Waals surface area contributed by atoms with Crippen LogP contribution < -0.4 is 11.5 Å². The van der Waals surface area contributed by atoms with E-state index in [-0.39, 0.29) is 17.0 Å². The number of hydrogen-bond donors (Lipinski definition) is 6. The van der Waals surface area contributed by atoms with Crippen LogP contribution >= 0.6 is 7.75 Å². The molecule has 0 saturated carbocycles. The van der Waals surface area contributed by atoms with Crippen molar-refractivity contribution in [2.75, 3.05) is 24.3 Å². The zero-order valence-corrected chi connectivity index (χ0v) is 18.2. The first-order valence-electron chi connectivity index (χ1n) is 8.93. The van der Waals surface area contributed by atoms with Crippen LogP contribution in [0, 0.1) is 0 Å². The van der Waals surface area contributed by atoms with Gasteiger partial charge < -0.3 is 36.4 Å². The molecule has 1 aliphatic heterocycles. The Balaban J connectivity index is 1.72. The van der Waals surface area contributed by atoms with Crippen LogP contribution in [0.3, 0.4) is 0 Å². The van der Waals surface area contributed by atoms with Gasteiger partial charge in [-0.05, 0) is 0 Å². The maximum absolute atomic E-state index is 12.3. The van der Waals surface area contributed by atoms with Crippen LogP contribution in [-0.4, -0.2) is 92.9 Å². The number of carboxylic acid groups (broad SMARTS) is 1. The molecule has 1 aliphatic rings. The van der Waals surface area contributed by atoms with Crippen LogP contribution in [0.1, 0.15) is 6.23 Å². The van der Waals surface area contributed by atoms with Gasteiger partial charge >= 0.3 is 13.7 Å². The molecule has 3 heterocycles. The largest absolute Gasteiger partial charge is 0.480 e. The normalized spacial score (nSPS) is 28.2. The number of carboxylic acids is 1. The van der Waals surface area contributed by atoms with E-state index < -0.39 is 66.4 Å². The highest BCUT2D eigenvalue weighted by atomic mass is 32.2. The van der Waals surface area contributed by atoms with Crippen LogP contribution in [0.5, 0.6) is 0 Å². The molecule has 16 nitrogen and oxygen atoms in total. The first-order valence-corrected chi connectivity index (χ1v) is 12.6. The summed E-state index contributed by atoms with van der Waals surface area (Å²) in [6.45, 7) is -0.712. The van der Waals surface area contributed by atoms with Crippen molar-refractivity contribution in [3.05, 3.63) is 12.7 Å². The van der Waals surface area contributed by atoms with Crippen molar-refractivity contribution in [1.29, 1.82) is 0 Å². The Hall–Kier alpha value is -2.24. The van der Waals surface area contributed by atoms with Gasteiger partial charge in [-0.1, -0.05) is 0 Å². The third-order valence-electron chi connectivity index (χ3n) is 4.49. The molecule has 1 fully saturated rings. The number of rotatable bonds is 8. The van der Waals surface area contributed by atoms with Gasteiger partial charge in [-0.3, -0.25) is 13.9 Å². The van der Waals surface area contributed by atoms with E-state index in [0.29, 0.717) is 0 Å². The third kappa shape index (κ3) is 5.21. The Bertz CT molecular complexity index is 1180. The van der Waals surface area contributed by atoms with Gasteiger partial charge in [-0.2, -0.15) is 0 Å². The molecule has 3 rings (SSSR count).